The number of fused-ring (bicyclic) bond motifs is 3. The molecule has 5 rings (SSSR count). The Balaban J connectivity index is 1.78. The number of thiophene rings is 1. The Morgan fingerprint density at radius 3 is 2.15 bits per heavy atom. The lowest BCUT2D eigenvalue weighted by Crippen LogP contribution is -2.03. The van der Waals surface area contributed by atoms with Crippen molar-refractivity contribution in [2.24, 2.45) is 4.99 Å². The summed E-state index contributed by atoms with van der Waals surface area (Å²) < 4.78 is 0. The van der Waals surface area contributed by atoms with Gasteiger partial charge in [-0.3, -0.25) is 4.99 Å². The molecule has 1 nitrogen and oxygen atoms in total. The molecule has 0 bridgehead atoms. The van der Waals surface area contributed by atoms with E-state index in [-0.39, 0.29) is 0 Å². The largest absolute Gasteiger partial charge is 0.279 e. The van der Waals surface area contributed by atoms with Gasteiger partial charge in [0.15, 0.2) is 0 Å². The van der Waals surface area contributed by atoms with Crippen LogP contribution < -0.4 is 0 Å². The van der Waals surface area contributed by atoms with Crippen molar-refractivity contribution in [2.75, 3.05) is 0 Å². The molecule has 0 aliphatic carbocycles. The maximum Gasteiger partial charge on any atom is 0.0729 e. The summed E-state index contributed by atoms with van der Waals surface area (Å²) in [5, 5.41) is 2.14. The maximum absolute atomic E-state index is 5.07. The highest BCUT2D eigenvalue weighted by Crippen LogP contribution is 2.38. The van der Waals surface area contributed by atoms with E-state index in [9.17, 15) is 0 Å². The molecule has 1 aliphatic heterocycles. The summed E-state index contributed by atoms with van der Waals surface area (Å²) in [5.74, 6) is 0. The summed E-state index contributed by atoms with van der Waals surface area (Å²) >= 11 is 1.79. The van der Waals surface area contributed by atoms with Gasteiger partial charge in [-0.05, 0) is 33.7 Å². The second kappa shape index (κ2) is 6.40. The molecule has 2 heteroatoms. The zero-order valence-corrected chi connectivity index (χ0v) is 15.0. The maximum atomic E-state index is 5.07. The lowest BCUT2D eigenvalue weighted by molar-refractivity contribution is 1.08. The molecule has 0 spiro atoms. The summed E-state index contributed by atoms with van der Waals surface area (Å²) in [6.07, 6.45) is 0. The van der Waals surface area contributed by atoms with Gasteiger partial charge >= 0.3 is 0 Å². The van der Waals surface area contributed by atoms with Gasteiger partial charge < -0.3 is 0 Å². The zero-order chi connectivity index (χ0) is 17.3. The molecule has 0 unspecified atom stereocenters. The summed E-state index contributed by atoms with van der Waals surface area (Å²) in [6.45, 7) is 0.697. The van der Waals surface area contributed by atoms with Gasteiger partial charge in [-0.2, -0.15) is 0 Å². The summed E-state index contributed by atoms with van der Waals surface area (Å²) in [6, 6.07) is 30.0. The van der Waals surface area contributed by atoms with Crippen LogP contribution in [-0.4, -0.2) is 5.71 Å². The minimum atomic E-state index is 0.697. The molecule has 0 fully saturated rings. The Morgan fingerprint density at radius 2 is 1.35 bits per heavy atom. The first-order valence-corrected chi connectivity index (χ1v) is 9.65. The number of hydrogen-bond donors (Lipinski definition) is 0. The van der Waals surface area contributed by atoms with Crippen molar-refractivity contribution in [3.8, 4) is 21.6 Å². The number of benzene rings is 3. The average Bonchev–Trinajstić information content (AvgIpc) is 3.18. The van der Waals surface area contributed by atoms with E-state index in [1.165, 1.54) is 38.3 Å². The number of nitrogens with zero attached hydrogens (tertiary/aromatic N) is 1. The highest BCUT2D eigenvalue weighted by atomic mass is 32.1. The molecule has 0 N–H and O–H groups in total. The molecule has 0 radical (unpaired) electrons. The molecule has 3 aromatic carbocycles. The van der Waals surface area contributed by atoms with Crippen LogP contribution in [0.1, 0.15) is 16.7 Å². The topological polar surface area (TPSA) is 12.4 Å². The van der Waals surface area contributed by atoms with E-state index in [1.54, 1.807) is 11.3 Å². The Kier molecular flexibility index (Phi) is 3.76. The third-order valence-corrected chi connectivity index (χ3v) is 5.78. The van der Waals surface area contributed by atoms with E-state index in [1.807, 2.05) is 0 Å². The van der Waals surface area contributed by atoms with E-state index in [4.69, 9.17) is 4.99 Å². The second-order valence-corrected chi connectivity index (χ2v) is 7.33. The summed E-state index contributed by atoms with van der Waals surface area (Å²) in [5.41, 5.74) is 8.63. The molecule has 0 saturated carbocycles. The first-order valence-electron chi connectivity index (χ1n) is 8.77. The van der Waals surface area contributed by atoms with Gasteiger partial charge in [0.25, 0.3) is 0 Å². The highest BCUT2D eigenvalue weighted by molar-refractivity contribution is 7.13. The number of rotatable bonds is 2. The van der Waals surface area contributed by atoms with Crippen LogP contribution in [0.2, 0.25) is 0 Å². The molecule has 2 heterocycles. The summed E-state index contributed by atoms with van der Waals surface area (Å²) in [4.78, 5) is 6.37. The van der Waals surface area contributed by atoms with Crippen LogP contribution in [0.25, 0.3) is 21.6 Å². The Morgan fingerprint density at radius 1 is 0.615 bits per heavy atom. The molecule has 4 aromatic rings. The molecule has 0 amide bonds. The number of aliphatic imine (C=N–C) groups is 1. The van der Waals surface area contributed by atoms with Crippen molar-refractivity contribution in [3.05, 3.63) is 107 Å². The van der Waals surface area contributed by atoms with Crippen molar-refractivity contribution in [1.82, 2.24) is 0 Å². The van der Waals surface area contributed by atoms with E-state index >= 15 is 0 Å². The van der Waals surface area contributed by atoms with Crippen molar-refractivity contribution < 1.29 is 0 Å². The van der Waals surface area contributed by atoms with Crippen molar-refractivity contribution in [2.45, 2.75) is 6.54 Å². The van der Waals surface area contributed by atoms with Crippen LogP contribution in [0.3, 0.4) is 0 Å². The lowest BCUT2D eigenvalue weighted by atomic mass is 9.90. The standard InChI is InChI=1S/C24H17NS/c1-2-8-17(9-3-1)24-21-11-5-4-10-18(21)19-12-6-13-20(22(19)16-25-24)23-14-7-15-26-23/h1-15H,16H2. The SMILES string of the molecule is c1ccc(C2=NCc3c(-c4cccs4)cccc3-c3ccccc32)cc1. The molecular weight excluding hydrogens is 334 g/mol. The van der Waals surface area contributed by atoms with Crippen LogP contribution in [0.5, 0.6) is 0 Å². The Hall–Kier alpha value is -2.97. The van der Waals surface area contributed by atoms with E-state index in [0.717, 1.165) is 5.71 Å². The van der Waals surface area contributed by atoms with Gasteiger partial charge in [0.2, 0.25) is 0 Å². The highest BCUT2D eigenvalue weighted by Gasteiger charge is 2.20. The molecule has 0 atom stereocenters. The monoisotopic (exact) mass is 351 g/mol. The third-order valence-electron chi connectivity index (χ3n) is 4.88. The quantitative estimate of drug-likeness (QED) is 0.394. The first kappa shape index (κ1) is 15.3. The summed E-state index contributed by atoms with van der Waals surface area (Å²) in [7, 11) is 0. The Bertz CT molecular complexity index is 1090. The third kappa shape index (κ3) is 2.51. The van der Waals surface area contributed by atoms with Crippen LogP contribution in [0, 0.1) is 0 Å². The normalized spacial score (nSPS) is 12.7. The number of hydrogen-bond acceptors (Lipinski definition) is 2. The molecular formula is C24H17NS. The van der Waals surface area contributed by atoms with E-state index in [2.05, 4.69) is 90.3 Å². The van der Waals surface area contributed by atoms with Gasteiger partial charge in [0, 0.05) is 16.0 Å². The van der Waals surface area contributed by atoms with Crippen molar-refractivity contribution in [3.63, 3.8) is 0 Å². The smallest absolute Gasteiger partial charge is 0.0729 e. The fourth-order valence-corrected chi connectivity index (χ4v) is 4.46. The predicted molar refractivity (Wildman–Crippen MR) is 111 cm³/mol. The lowest BCUT2D eigenvalue weighted by Gasteiger charge is -2.13. The fourth-order valence-electron chi connectivity index (χ4n) is 3.68. The van der Waals surface area contributed by atoms with E-state index in [0.29, 0.717) is 6.54 Å². The first-order chi connectivity index (χ1) is 12.9. The Labute approximate surface area is 157 Å². The van der Waals surface area contributed by atoms with Crippen LogP contribution in [-0.2, 0) is 6.54 Å². The molecule has 1 aromatic heterocycles. The van der Waals surface area contributed by atoms with Gasteiger partial charge in [0.05, 0.1) is 12.3 Å². The molecule has 1 aliphatic rings. The molecule has 124 valence electrons. The molecule has 26 heavy (non-hydrogen) atoms. The minimum Gasteiger partial charge on any atom is -0.279 e. The van der Waals surface area contributed by atoms with Crippen LogP contribution >= 0.6 is 11.3 Å². The fraction of sp³-hybridized carbons (Fsp3) is 0.0417. The van der Waals surface area contributed by atoms with Gasteiger partial charge in [-0.25, -0.2) is 0 Å². The van der Waals surface area contributed by atoms with Crippen molar-refractivity contribution >= 4 is 17.0 Å². The van der Waals surface area contributed by atoms with Crippen molar-refractivity contribution in [1.29, 1.82) is 0 Å². The van der Waals surface area contributed by atoms with Crippen LogP contribution in [0.15, 0.2) is 95.3 Å². The average molecular weight is 351 g/mol. The van der Waals surface area contributed by atoms with Gasteiger partial charge in [-0.1, -0.05) is 78.9 Å². The predicted octanol–water partition coefficient (Wildman–Crippen LogP) is 6.43. The van der Waals surface area contributed by atoms with E-state index < -0.39 is 0 Å². The second-order valence-electron chi connectivity index (χ2n) is 6.39. The van der Waals surface area contributed by atoms with Gasteiger partial charge in [-0.15, -0.1) is 11.3 Å². The zero-order valence-electron chi connectivity index (χ0n) is 14.2. The molecule has 0 saturated heterocycles. The minimum absolute atomic E-state index is 0.697. The van der Waals surface area contributed by atoms with Crippen LogP contribution in [0.4, 0.5) is 0 Å². The van der Waals surface area contributed by atoms with Gasteiger partial charge in [0.1, 0.15) is 0 Å².